The fourth-order valence-corrected chi connectivity index (χ4v) is 3.12. The van der Waals surface area contributed by atoms with E-state index >= 15 is 0 Å². The number of aromatic nitrogens is 1. The molecule has 21 heavy (non-hydrogen) atoms. The van der Waals surface area contributed by atoms with E-state index in [4.69, 9.17) is 4.74 Å². The third-order valence-corrected chi connectivity index (χ3v) is 4.46. The van der Waals surface area contributed by atoms with Crippen LogP contribution in [0, 0.1) is 0 Å². The molecule has 1 saturated heterocycles. The number of methoxy groups -OCH3 is 1. The molecule has 1 aromatic heterocycles. The predicted molar refractivity (Wildman–Crippen MR) is 80.2 cm³/mol. The van der Waals surface area contributed by atoms with Crippen molar-refractivity contribution in [2.75, 3.05) is 25.6 Å². The van der Waals surface area contributed by atoms with Crippen molar-refractivity contribution in [1.29, 1.82) is 0 Å². The minimum absolute atomic E-state index is 0.0893. The molecular formula is C14H20N2O4S. The third kappa shape index (κ3) is 4.25. The Kier molecular flexibility index (Phi) is 5.69. The van der Waals surface area contributed by atoms with Crippen LogP contribution in [-0.2, 0) is 9.47 Å². The molecule has 1 aliphatic heterocycles. The van der Waals surface area contributed by atoms with Gasteiger partial charge in [-0.15, -0.1) is 0 Å². The molecule has 0 aliphatic carbocycles. The van der Waals surface area contributed by atoms with Crippen molar-refractivity contribution >= 4 is 28.2 Å². The summed E-state index contributed by atoms with van der Waals surface area (Å²) in [5, 5.41) is 3.72. The van der Waals surface area contributed by atoms with Gasteiger partial charge in [-0.05, 0) is 25.7 Å². The number of nitrogens with one attached hydrogen (secondary N) is 1. The van der Waals surface area contributed by atoms with Crippen molar-refractivity contribution in [1.82, 2.24) is 4.98 Å². The maximum Gasteiger partial charge on any atom is 0.358 e. The van der Waals surface area contributed by atoms with Crippen molar-refractivity contribution in [3.63, 3.8) is 0 Å². The summed E-state index contributed by atoms with van der Waals surface area (Å²) >= 11 is 1.18. The van der Waals surface area contributed by atoms with Gasteiger partial charge in [0.15, 0.2) is 16.6 Å². The molecule has 0 spiro atoms. The number of anilines is 1. The molecule has 0 radical (unpaired) electrons. The second-order valence-electron chi connectivity index (χ2n) is 4.95. The number of nitrogens with zero attached hydrogens (tertiary/aromatic N) is 1. The van der Waals surface area contributed by atoms with E-state index in [-0.39, 0.29) is 11.5 Å². The van der Waals surface area contributed by atoms with E-state index in [1.165, 1.54) is 31.8 Å². The van der Waals surface area contributed by atoms with E-state index in [2.05, 4.69) is 15.0 Å². The molecule has 0 saturated carbocycles. The van der Waals surface area contributed by atoms with E-state index in [0.717, 1.165) is 25.9 Å². The Hall–Kier alpha value is -1.47. The summed E-state index contributed by atoms with van der Waals surface area (Å²) in [7, 11) is 1.28. The van der Waals surface area contributed by atoms with Crippen molar-refractivity contribution in [3.8, 4) is 0 Å². The molecule has 1 atom stereocenters. The lowest BCUT2D eigenvalue weighted by Crippen LogP contribution is -2.21. The largest absolute Gasteiger partial charge is 0.464 e. The van der Waals surface area contributed by atoms with Crippen molar-refractivity contribution in [3.05, 3.63) is 10.6 Å². The van der Waals surface area contributed by atoms with E-state index in [0.29, 0.717) is 22.7 Å². The molecule has 1 fully saturated rings. The van der Waals surface area contributed by atoms with Gasteiger partial charge in [0, 0.05) is 20.1 Å². The fraction of sp³-hybridized carbons (Fsp3) is 0.643. The minimum Gasteiger partial charge on any atom is -0.464 e. The zero-order chi connectivity index (χ0) is 15.2. The first-order valence-electron chi connectivity index (χ1n) is 7.07. The van der Waals surface area contributed by atoms with Gasteiger partial charge in [-0.3, -0.25) is 4.79 Å². The lowest BCUT2D eigenvalue weighted by Gasteiger charge is -2.22. The minimum atomic E-state index is -0.583. The summed E-state index contributed by atoms with van der Waals surface area (Å²) in [6.45, 7) is 2.96. The molecule has 1 unspecified atom stereocenters. The molecule has 2 rings (SSSR count). The van der Waals surface area contributed by atoms with Gasteiger partial charge in [0.05, 0.1) is 13.2 Å². The maximum atomic E-state index is 11.6. The number of esters is 1. The molecule has 1 N–H and O–H groups in total. The molecular weight excluding hydrogens is 292 g/mol. The van der Waals surface area contributed by atoms with Crippen LogP contribution in [0.2, 0.25) is 0 Å². The molecule has 6 nitrogen and oxygen atoms in total. The molecule has 0 bridgehead atoms. The fourth-order valence-electron chi connectivity index (χ4n) is 2.24. The second-order valence-corrected chi connectivity index (χ2v) is 5.95. The topological polar surface area (TPSA) is 77.5 Å². The van der Waals surface area contributed by atoms with Gasteiger partial charge in [0.2, 0.25) is 0 Å². The third-order valence-electron chi connectivity index (χ3n) is 3.34. The van der Waals surface area contributed by atoms with Crippen LogP contribution in [0.5, 0.6) is 0 Å². The van der Waals surface area contributed by atoms with E-state index in [1.54, 1.807) is 0 Å². The van der Waals surface area contributed by atoms with Crippen LogP contribution in [0.4, 0.5) is 5.13 Å². The first-order chi connectivity index (χ1) is 10.1. The van der Waals surface area contributed by atoms with Crippen LogP contribution in [0.15, 0.2) is 0 Å². The standard InChI is InChI=1S/C14H20N2O4S/c1-9(17)12-11(13(18)19-2)16-14(21-12)15-7-6-10-5-3-4-8-20-10/h10H,3-8H2,1-2H3,(H,15,16). The van der Waals surface area contributed by atoms with Crippen LogP contribution in [-0.4, -0.2) is 43.1 Å². The van der Waals surface area contributed by atoms with Crippen molar-refractivity contribution in [2.45, 2.75) is 38.7 Å². The zero-order valence-corrected chi connectivity index (χ0v) is 13.1. The molecule has 1 aromatic rings. The zero-order valence-electron chi connectivity index (χ0n) is 12.3. The highest BCUT2D eigenvalue weighted by Crippen LogP contribution is 2.24. The van der Waals surface area contributed by atoms with E-state index < -0.39 is 5.97 Å². The smallest absolute Gasteiger partial charge is 0.358 e. The Morgan fingerprint density at radius 3 is 2.90 bits per heavy atom. The van der Waals surface area contributed by atoms with Gasteiger partial charge in [-0.25, -0.2) is 9.78 Å². The molecule has 2 heterocycles. The Bertz CT molecular complexity index is 509. The number of ether oxygens (including phenoxy) is 2. The van der Waals surface area contributed by atoms with Crippen LogP contribution >= 0.6 is 11.3 Å². The molecule has 1 aliphatic rings. The summed E-state index contributed by atoms with van der Waals surface area (Å²) < 4.78 is 10.3. The average molecular weight is 312 g/mol. The van der Waals surface area contributed by atoms with Crippen LogP contribution in [0.25, 0.3) is 0 Å². The monoisotopic (exact) mass is 312 g/mol. The van der Waals surface area contributed by atoms with Gasteiger partial charge in [-0.1, -0.05) is 11.3 Å². The summed E-state index contributed by atoms with van der Waals surface area (Å²) in [4.78, 5) is 27.6. The predicted octanol–water partition coefficient (Wildman–Crippen LogP) is 2.50. The number of carbonyl (C=O) groups is 2. The first kappa shape index (κ1) is 15.9. The SMILES string of the molecule is COC(=O)c1nc(NCCC2CCCCO2)sc1C(C)=O. The number of hydrogen-bond acceptors (Lipinski definition) is 7. The molecule has 116 valence electrons. The summed E-state index contributed by atoms with van der Waals surface area (Å²) in [5.41, 5.74) is 0.0893. The van der Waals surface area contributed by atoms with Crippen LogP contribution in [0.3, 0.4) is 0 Å². The molecule has 0 amide bonds. The van der Waals surface area contributed by atoms with Crippen LogP contribution in [0.1, 0.15) is 52.8 Å². The van der Waals surface area contributed by atoms with E-state index in [1.807, 2.05) is 0 Å². The lowest BCUT2D eigenvalue weighted by molar-refractivity contribution is 0.0134. The summed E-state index contributed by atoms with van der Waals surface area (Å²) in [6, 6.07) is 0. The Labute approximate surface area is 127 Å². The number of ketones is 1. The number of rotatable bonds is 6. The average Bonchev–Trinajstić information content (AvgIpc) is 2.92. The number of thiazole rings is 1. The van der Waals surface area contributed by atoms with Gasteiger partial charge >= 0.3 is 5.97 Å². The number of Topliss-reactive ketones (excluding diaryl/α,β-unsaturated/α-hetero) is 1. The van der Waals surface area contributed by atoms with Crippen molar-refractivity contribution < 1.29 is 19.1 Å². The highest BCUT2D eigenvalue weighted by Gasteiger charge is 2.22. The van der Waals surface area contributed by atoms with Gasteiger partial charge in [-0.2, -0.15) is 0 Å². The quantitative estimate of drug-likeness (QED) is 0.642. The van der Waals surface area contributed by atoms with Gasteiger partial charge in [0.1, 0.15) is 4.88 Å². The van der Waals surface area contributed by atoms with E-state index in [9.17, 15) is 9.59 Å². The highest BCUT2D eigenvalue weighted by molar-refractivity contribution is 7.17. The lowest BCUT2D eigenvalue weighted by atomic mass is 10.1. The summed E-state index contributed by atoms with van der Waals surface area (Å²) in [5.74, 6) is -0.767. The first-order valence-corrected chi connectivity index (χ1v) is 7.89. The molecule has 0 aromatic carbocycles. The summed E-state index contributed by atoms with van der Waals surface area (Å²) in [6.07, 6.45) is 4.62. The Morgan fingerprint density at radius 2 is 2.29 bits per heavy atom. The normalized spacial score (nSPS) is 18.3. The maximum absolute atomic E-state index is 11.6. The van der Waals surface area contributed by atoms with Crippen molar-refractivity contribution in [2.24, 2.45) is 0 Å². The van der Waals surface area contributed by atoms with Crippen LogP contribution < -0.4 is 5.32 Å². The number of carbonyl (C=O) groups excluding carboxylic acids is 2. The molecule has 7 heteroatoms. The van der Waals surface area contributed by atoms with Gasteiger partial charge in [0.25, 0.3) is 0 Å². The highest BCUT2D eigenvalue weighted by atomic mass is 32.1. The van der Waals surface area contributed by atoms with Gasteiger partial charge < -0.3 is 14.8 Å². The Morgan fingerprint density at radius 1 is 1.48 bits per heavy atom. The number of hydrogen-bond donors (Lipinski definition) is 1. The Balaban J connectivity index is 1.93. The second kappa shape index (κ2) is 7.51.